The van der Waals surface area contributed by atoms with Crippen LogP contribution >= 0.6 is 0 Å². The quantitative estimate of drug-likeness (QED) is 0.345. The number of hydrogen-bond donors (Lipinski definition) is 3. The summed E-state index contributed by atoms with van der Waals surface area (Å²) >= 11 is 0. The van der Waals surface area contributed by atoms with Crippen LogP contribution in [0.3, 0.4) is 0 Å². The van der Waals surface area contributed by atoms with Crippen molar-refractivity contribution < 1.29 is 19.6 Å². The SMILES string of the molecule is C[C@@H]1CN(C(=O)c2ccccc2)CCN1C(=O)C(=O)c1c[nH]c2nccc(NO)c12. The van der Waals surface area contributed by atoms with Gasteiger partial charge in [0.2, 0.25) is 0 Å². The van der Waals surface area contributed by atoms with Gasteiger partial charge in [-0.15, -0.1) is 0 Å². The lowest BCUT2D eigenvalue weighted by atomic mass is 10.1. The number of carbonyl (C=O) groups excluding carboxylic acids is 3. The van der Waals surface area contributed by atoms with Crippen LogP contribution < -0.4 is 5.48 Å². The number of fused-ring (bicyclic) bond motifs is 1. The van der Waals surface area contributed by atoms with Crippen LogP contribution in [-0.4, -0.2) is 68.2 Å². The summed E-state index contributed by atoms with van der Waals surface area (Å²) < 4.78 is 0. The average Bonchev–Trinajstić information content (AvgIpc) is 3.22. The molecule has 0 spiro atoms. The molecule has 1 aliphatic rings. The van der Waals surface area contributed by atoms with Crippen molar-refractivity contribution in [1.29, 1.82) is 0 Å². The first-order valence-corrected chi connectivity index (χ1v) is 9.57. The van der Waals surface area contributed by atoms with Crippen molar-refractivity contribution >= 4 is 34.3 Å². The molecular weight excluding hydrogens is 386 g/mol. The fraction of sp³-hybridized carbons (Fsp3) is 0.238. The molecule has 3 N–H and O–H groups in total. The third kappa shape index (κ3) is 3.39. The molecule has 0 bridgehead atoms. The molecule has 0 radical (unpaired) electrons. The number of H-pyrrole nitrogens is 1. The molecule has 3 heterocycles. The van der Waals surface area contributed by atoms with Crippen molar-refractivity contribution in [3.8, 4) is 0 Å². The van der Waals surface area contributed by atoms with Crippen molar-refractivity contribution in [3.05, 3.63) is 59.9 Å². The second-order valence-electron chi connectivity index (χ2n) is 7.19. The van der Waals surface area contributed by atoms with Crippen molar-refractivity contribution in [3.63, 3.8) is 0 Å². The Balaban J connectivity index is 1.51. The second kappa shape index (κ2) is 7.96. The maximum absolute atomic E-state index is 13.0. The van der Waals surface area contributed by atoms with Crippen LogP contribution in [0.15, 0.2) is 48.8 Å². The summed E-state index contributed by atoms with van der Waals surface area (Å²) in [6, 6.07) is 10.2. The van der Waals surface area contributed by atoms with E-state index < -0.39 is 11.7 Å². The number of pyridine rings is 1. The molecule has 0 unspecified atom stereocenters. The number of carbonyl (C=O) groups is 3. The highest BCUT2D eigenvalue weighted by Gasteiger charge is 2.34. The van der Waals surface area contributed by atoms with Gasteiger partial charge >= 0.3 is 0 Å². The van der Waals surface area contributed by atoms with Gasteiger partial charge in [-0.25, -0.2) is 4.98 Å². The van der Waals surface area contributed by atoms with Gasteiger partial charge < -0.3 is 14.8 Å². The van der Waals surface area contributed by atoms with Crippen LogP contribution in [0.25, 0.3) is 11.0 Å². The Hall–Kier alpha value is -3.72. The van der Waals surface area contributed by atoms with Gasteiger partial charge in [-0.1, -0.05) is 18.2 Å². The van der Waals surface area contributed by atoms with Crippen molar-refractivity contribution in [2.24, 2.45) is 0 Å². The monoisotopic (exact) mass is 407 g/mol. The van der Waals surface area contributed by atoms with Crippen LogP contribution in [0.5, 0.6) is 0 Å². The third-order valence-corrected chi connectivity index (χ3v) is 5.33. The number of anilines is 1. The van der Waals surface area contributed by atoms with E-state index in [9.17, 15) is 19.6 Å². The zero-order valence-electron chi connectivity index (χ0n) is 16.3. The molecule has 0 saturated carbocycles. The molecular formula is C21H21N5O4. The molecule has 3 aromatic rings. The Morgan fingerprint density at radius 3 is 2.63 bits per heavy atom. The number of hydrogen-bond acceptors (Lipinski definition) is 6. The molecule has 1 saturated heterocycles. The summed E-state index contributed by atoms with van der Waals surface area (Å²) in [7, 11) is 0. The van der Waals surface area contributed by atoms with Crippen LogP contribution in [-0.2, 0) is 4.79 Å². The van der Waals surface area contributed by atoms with E-state index in [1.165, 1.54) is 23.4 Å². The predicted molar refractivity (Wildman–Crippen MR) is 109 cm³/mol. The van der Waals surface area contributed by atoms with E-state index in [1.54, 1.807) is 29.2 Å². The molecule has 9 heteroatoms. The lowest BCUT2D eigenvalue weighted by molar-refractivity contribution is -0.130. The molecule has 1 fully saturated rings. The Kier molecular flexibility index (Phi) is 5.20. The van der Waals surface area contributed by atoms with Crippen LogP contribution in [0.1, 0.15) is 27.6 Å². The van der Waals surface area contributed by atoms with Crippen LogP contribution in [0.2, 0.25) is 0 Å². The molecule has 1 aliphatic heterocycles. The number of Topliss-reactive ketones (excluding diaryl/α,β-unsaturated/α-hetero) is 1. The highest BCUT2D eigenvalue weighted by atomic mass is 16.5. The Labute approximate surface area is 172 Å². The van der Waals surface area contributed by atoms with E-state index in [1.807, 2.05) is 18.5 Å². The van der Waals surface area contributed by atoms with Gasteiger partial charge in [0.05, 0.1) is 16.6 Å². The average molecular weight is 407 g/mol. The van der Waals surface area contributed by atoms with E-state index >= 15 is 0 Å². The third-order valence-electron chi connectivity index (χ3n) is 5.33. The topological polar surface area (TPSA) is 119 Å². The van der Waals surface area contributed by atoms with E-state index in [2.05, 4.69) is 9.97 Å². The number of benzene rings is 1. The molecule has 1 atom stereocenters. The van der Waals surface area contributed by atoms with Crippen molar-refractivity contribution in [2.75, 3.05) is 25.1 Å². The van der Waals surface area contributed by atoms with Gasteiger partial charge in [-0.3, -0.25) is 25.1 Å². The fourth-order valence-corrected chi connectivity index (χ4v) is 3.78. The van der Waals surface area contributed by atoms with Crippen molar-refractivity contribution in [1.82, 2.24) is 19.8 Å². The van der Waals surface area contributed by atoms with Gasteiger partial charge in [0.25, 0.3) is 17.6 Å². The summed E-state index contributed by atoms with van der Waals surface area (Å²) in [5, 5.41) is 9.68. The summed E-state index contributed by atoms with van der Waals surface area (Å²) in [4.78, 5) is 48.7. The van der Waals surface area contributed by atoms with Gasteiger partial charge in [0.15, 0.2) is 0 Å². The molecule has 0 aliphatic carbocycles. The molecule has 2 aromatic heterocycles. The van der Waals surface area contributed by atoms with Gasteiger partial charge in [0, 0.05) is 43.6 Å². The molecule has 2 amide bonds. The Bertz CT molecular complexity index is 1110. The van der Waals surface area contributed by atoms with Crippen molar-refractivity contribution in [2.45, 2.75) is 13.0 Å². The number of amides is 2. The Morgan fingerprint density at radius 2 is 1.93 bits per heavy atom. The number of nitrogens with zero attached hydrogens (tertiary/aromatic N) is 3. The number of aromatic nitrogens is 2. The minimum atomic E-state index is -0.694. The van der Waals surface area contributed by atoms with Gasteiger partial charge in [-0.05, 0) is 25.1 Å². The number of ketones is 1. The molecule has 4 rings (SSSR count). The summed E-state index contributed by atoms with van der Waals surface area (Å²) in [5.74, 6) is -1.44. The highest BCUT2D eigenvalue weighted by Crippen LogP contribution is 2.26. The first-order chi connectivity index (χ1) is 14.5. The summed E-state index contributed by atoms with van der Waals surface area (Å²) in [5.41, 5.74) is 3.43. The second-order valence-corrected chi connectivity index (χ2v) is 7.19. The summed E-state index contributed by atoms with van der Waals surface area (Å²) in [6.45, 7) is 2.75. The number of nitrogens with one attached hydrogen (secondary N) is 2. The smallest absolute Gasteiger partial charge is 0.295 e. The zero-order chi connectivity index (χ0) is 21.3. The fourth-order valence-electron chi connectivity index (χ4n) is 3.78. The lowest BCUT2D eigenvalue weighted by Crippen LogP contribution is -2.56. The van der Waals surface area contributed by atoms with Crippen LogP contribution in [0.4, 0.5) is 5.69 Å². The van der Waals surface area contributed by atoms with Crippen LogP contribution in [0, 0.1) is 0 Å². The summed E-state index contributed by atoms with van der Waals surface area (Å²) in [6.07, 6.45) is 2.89. The first-order valence-electron chi connectivity index (χ1n) is 9.57. The molecule has 9 nitrogen and oxygen atoms in total. The number of aromatic amines is 1. The number of piperazine rings is 1. The minimum absolute atomic E-state index is 0.0951. The van der Waals surface area contributed by atoms with E-state index in [-0.39, 0.29) is 29.7 Å². The standard InChI is InChI=1S/C21H21N5O4/c1-13-12-25(20(28)14-5-3-2-4-6-14)9-10-26(13)21(29)18(27)15-11-23-19-17(15)16(24-30)7-8-22-19/h2-8,11,13,30H,9-10,12H2,1H3,(H2,22,23,24)/t13-/m1/s1. The lowest BCUT2D eigenvalue weighted by Gasteiger charge is -2.39. The highest BCUT2D eigenvalue weighted by molar-refractivity contribution is 6.45. The van der Waals surface area contributed by atoms with E-state index in [0.29, 0.717) is 29.7 Å². The predicted octanol–water partition coefficient (Wildman–Crippen LogP) is 1.92. The normalized spacial score (nSPS) is 16.5. The largest absolute Gasteiger partial charge is 0.345 e. The van der Waals surface area contributed by atoms with E-state index in [0.717, 1.165) is 0 Å². The number of rotatable bonds is 4. The first kappa shape index (κ1) is 19.6. The maximum atomic E-state index is 13.0. The van der Waals surface area contributed by atoms with Gasteiger partial charge in [0.1, 0.15) is 5.65 Å². The minimum Gasteiger partial charge on any atom is -0.345 e. The van der Waals surface area contributed by atoms with E-state index in [4.69, 9.17) is 0 Å². The van der Waals surface area contributed by atoms with Gasteiger partial charge in [-0.2, -0.15) is 0 Å². The molecule has 1 aromatic carbocycles. The maximum Gasteiger partial charge on any atom is 0.295 e. The molecule has 30 heavy (non-hydrogen) atoms. The Morgan fingerprint density at radius 1 is 1.17 bits per heavy atom. The zero-order valence-corrected chi connectivity index (χ0v) is 16.3. The molecule has 154 valence electrons.